The SMILES string of the molecule is COc1ccc2cc(C(C)c3nnc(SCc4ccccc4)o3)ccc2c1. The number of thioether (sulfide) groups is 1. The molecule has 0 saturated heterocycles. The summed E-state index contributed by atoms with van der Waals surface area (Å²) in [5, 5.41) is 11.4. The number of benzene rings is 3. The molecule has 0 fully saturated rings. The molecule has 4 rings (SSSR count). The van der Waals surface area contributed by atoms with Crippen LogP contribution < -0.4 is 4.74 Å². The molecule has 1 heterocycles. The summed E-state index contributed by atoms with van der Waals surface area (Å²) in [4.78, 5) is 0. The van der Waals surface area contributed by atoms with Gasteiger partial charge in [0, 0.05) is 5.75 Å². The smallest absolute Gasteiger partial charge is 0.276 e. The van der Waals surface area contributed by atoms with Gasteiger partial charge in [-0.15, -0.1) is 10.2 Å². The van der Waals surface area contributed by atoms with E-state index in [1.54, 1.807) is 18.9 Å². The minimum absolute atomic E-state index is 0.0371. The van der Waals surface area contributed by atoms with Crippen LogP contribution in [0, 0.1) is 0 Å². The highest BCUT2D eigenvalue weighted by Crippen LogP contribution is 2.30. The van der Waals surface area contributed by atoms with E-state index in [-0.39, 0.29) is 5.92 Å². The molecule has 1 unspecified atom stereocenters. The van der Waals surface area contributed by atoms with Gasteiger partial charge in [0.2, 0.25) is 5.89 Å². The number of rotatable bonds is 6. The Kier molecular flexibility index (Phi) is 5.12. The second-order valence-corrected chi connectivity index (χ2v) is 7.30. The third-order valence-electron chi connectivity index (χ3n) is 4.57. The predicted molar refractivity (Wildman–Crippen MR) is 108 cm³/mol. The molecule has 0 spiro atoms. The highest BCUT2D eigenvalue weighted by molar-refractivity contribution is 7.98. The zero-order valence-corrected chi connectivity index (χ0v) is 16.1. The molecule has 4 nitrogen and oxygen atoms in total. The molecule has 0 bridgehead atoms. The lowest BCUT2D eigenvalue weighted by molar-refractivity contribution is 0.404. The molecule has 27 heavy (non-hydrogen) atoms. The highest BCUT2D eigenvalue weighted by Gasteiger charge is 2.17. The summed E-state index contributed by atoms with van der Waals surface area (Å²) >= 11 is 1.56. The van der Waals surface area contributed by atoms with Crippen molar-refractivity contribution < 1.29 is 9.15 Å². The van der Waals surface area contributed by atoms with Gasteiger partial charge < -0.3 is 9.15 Å². The van der Waals surface area contributed by atoms with Crippen LogP contribution >= 0.6 is 11.8 Å². The molecule has 3 aromatic carbocycles. The molecule has 1 aromatic heterocycles. The second kappa shape index (κ2) is 7.84. The van der Waals surface area contributed by atoms with E-state index in [9.17, 15) is 0 Å². The van der Waals surface area contributed by atoms with Gasteiger partial charge in [0.15, 0.2) is 0 Å². The topological polar surface area (TPSA) is 48.2 Å². The average molecular weight is 376 g/mol. The lowest BCUT2D eigenvalue weighted by Gasteiger charge is -2.09. The van der Waals surface area contributed by atoms with Gasteiger partial charge in [-0.3, -0.25) is 0 Å². The number of hydrogen-bond donors (Lipinski definition) is 0. The molecule has 0 amide bonds. The average Bonchev–Trinajstić information content (AvgIpc) is 3.20. The summed E-state index contributed by atoms with van der Waals surface area (Å²) in [6.45, 7) is 2.09. The Hall–Kier alpha value is -2.79. The van der Waals surface area contributed by atoms with Crippen LogP contribution in [0.3, 0.4) is 0 Å². The first-order valence-corrected chi connectivity index (χ1v) is 9.79. The van der Waals surface area contributed by atoms with Gasteiger partial charge in [-0.25, -0.2) is 0 Å². The molecule has 1 atom stereocenters. The Bertz CT molecular complexity index is 1050. The van der Waals surface area contributed by atoms with Gasteiger partial charge in [0.25, 0.3) is 5.22 Å². The largest absolute Gasteiger partial charge is 0.497 e. The first-order valence-electron chi connectivity index (χ1n) is 8.81. The van der Waals surface area contributed by atoms with Crippen LogP contribution in [0.15, 0.2) is 76.4 Å². The molecule has 0 N–H and O–H groups in total. The zero-order chi connectivity index (χ0) is 18.6. The first-order chi connectivity index (χ1) is 13.2. The summed E-state index contributed by atoms with van der Waals surface area (Å²) in [5.74, 6) is 2.35. The van der Waals surface area contributed by atoms with E-state index in [1.807, 2.05) is 30.3 Å². The van der Waals surface area contributed by atoms with Crippen molar-refractivity contribution in [3.63, 3.8) is 0 Å². The van der Waals surface area contributed by atoms with E-state index in [0.29, 0.717) is 11.1 Å². The van der Waals surface area contributed by atoms with Gasteiger partial charge in [0.1, 0.15) is 5.75 Å². The van der Waals surface area contributed by atoms with Gasteiger partial charge in [-0.1, -0.05) is 66.4 Å². The summed E-state index contributed by atoms with van der Waals surface area (Å²) in [6.07, 6.45) is 0. The molecule has 0 saturated carbocycles. The molecule has 4 aromatic rings. The summed E-state index contributed by atoms with van der Waals surface area (Å²) in [7, 11) is 1.68. The van der Waals surface area contributed by atoms with Gasteiger partial charge in [-0.05, 0) is 41.0 Å². The standard InChI is InChI=1S/C22H20N2O2S/c1-15(17-8-9-19-13-20(25-2)11-10-18(19)12-17)21-23-24-22(26-21)27-14-16-6-4-3-5-7-16/h3-13,15H,14H2,1-2H3. The fourth-order valence-corrected chi connectivity index (χ4v) is 3.68. The van der Waals surface area contributed by atoms with Crippen LogP contribution in [-0.4, -0.2) is 17.3 Å². The highest BCUT2D eigenvalue weighted by atomic mass is 32.2. The van der Waals surface area contributed by atoms with E-state index < -0.39 is 0 Å². The van der Waals surface area contributed by atoms with Crippen LogP contribution in [0.1, 0.15) is 29.9 Å². The van der Waals surface area contributed by atoms with Crippen molar-refractivity contribution in [3.8, 4) is 5.75 Å². The molecule has 0 aliphatic rings. The number of nitrogens with zero attached hydrogens (tertiary/aromatic N) is 2. The number of hydrogen-bond acceptors (Lipinski definition) is 5. The quantitative estimate of drug-likeness (QED) is 0.405. The van der Waals surface area contributed by atoms with E-state index in [1.165, 1.54) is 10.9 Å². The molecule has 0 aliphatic carbocycles. The Morgan fingerprint density at radius 2 is 1.74 bits per heavy atom. The van der Waals surface area contributed by atoms with Gasteiger partial charge in [0.05, 0.1) is 13.0 Å². The Morgan fingerprint density at radius 3 is 2.56 bits per heavy atom. The minimum atomic E-state index is 0.0371. The minimum Gasteiger partial charge on any atom is -0.497 e. The van der Waals surface area contributed by atoms with Crippen molar-refractivity contribution in [2.75, 3.05) is 7.11 Å². The van der Waals surface area contributed by atoms with Gasteiger partial charge in [-0.2, -0.15) is 0 Å². The number of ether oxygens (including phenoxy) is 1. The van der Waals surface area contributed by atoms with Gasteiger partial charge >= 0.3 is 0 Å². The van der Waals surface area contributed by atoms with E-state index in [4.69, 9.17) is 9.15 Å². The van der Waals surface area contributed by atoms with Crippen molar-refractivity contribution in [2.24, 2.45) is 0 Å². The second-order valence-electron chi connectivity index (χ2n) is 6.37. The molecule has 0 aliphatic heterocycles. The lowest BCUT2D eigenvalue weighted by atomic mass is 9.97. The zero-order valence-electron chi connectivity index (χ0n) is 15.3. The summed E-state index contributed by atoms with van der Waals surface area (Å²) < 4.78 is 11.2. The third-order valence-corrected chi connectivity index (χ3v) is 5.46. The third kappa shape index (κ3) is 3.98. The lowest BCUT2D eigenvalue weighted by Crippen LogP contribution is -1.96. The maximum atomic E-state index is 5.89. The molecule has 0 radical (unpaired) electrons. The summed E-state index contributed by atoms with van der Waals surface area (Å²) in [5.41, 5.74) is 2.39. The van der Waals surface area contributed by atoms with Crippen LogP contribution in [0.4, 0.5) is 0 Å². The molecule has 5 heteroatoms. The van der Waals surface area contributed by atoms with E-state index >= 15 is 0 Å². The van der Waals surface area contributed by atoms with Crippen molar-refractivity contribution in [1.29, 1.82) is 0 Å². The number of fused-ring (bicyclic) bond motifs is 1. The maximum Gasteiger partial charge on any atom is 0.276 e. The van der Waals surface area contributed by atoms with Crippen molar-refractivity contribution >= 4 is 22.5 Å². The van der Waals surface area contributed by atoms with Crippen LogP contribution in [0.5, 0.6) is 5.75 Å². The van der Waals surface area contributed by atoms with Crippen LogP contribution in [-0.2, 0) is 5.75 Å². The molecule has 136 valence electrons. The Morgan fingerprint density at radius 1 is 0.963 bits per heavy atom. The monoisotopic (exact) mass is 376 g/mol. The van der Waals surface area contributed by atoms with Crippen molar-refractivity contribution in [2.45, 2.75) is 23.8 Å². The normalized spacial score (nSPS) is 12.2. The Balaban J connectivity index is 1.50. The number of methoxy groups -OCH3 is 1. The van der Waals surface area contributed by atoms with E-state index in [2.05, 4.69) is 53.5 Å². The first kappa shape index (κ1) is 17.6. The van der Waals surface area contributed by atoms with Crippen molar-refractivity contribution in [3.05, 3.63) is 83.7 Å². The number of aromatic nitrogens is 2. The van der Waals surface area contributed by atoms with Crippen LogP contribution in [0.25, 0.3) is 10.8 Å². The molecular formula is C22H20N2O2S. The predicted octanol–water partition coefficient (Wildman–Crippen LogP) is 5.68. The van der Waals surface area contributed by atoms with E-state index in [0.717, 1.165) is 22.5 Å². The van der Waals surface area contributed by atoms with Crippen LogP contribution in [0.2, 0.25) is 0 Å². The summed E-state index contributed by atoms with van der Waals surface area (Å²) in [6, 6.07) is 22.7. The van der Waals surface area contributed by atoms with Crippen molar-refractivity contribution in [1.82, 2.24) is 10.2 Å². The Labute approximate surface area is 162 Å². The molecular weight excluding hydrogens is 356 g/mol. The fraction of sp³-hybridized carbons (Fsp3) is 0.182. The fourth-order valence-electron chi connectivity index (χ4n) is 2.95. The maximum absolute atomic E-state index is 5.89.